The molecule has 5 rings (SSSR count). The molecule has 36 heavy (non-hydrogen) atoms. The standard InChI is InChI=1S/C27H23N3O6/c1-17-23(29-26(36-17)18-6-9-28-10-7-18)16-35-24-14-20-15-30(11-8-19(20)13-22(24)27(32)33)25(31)5-4-21-3-2-12-34-21/h2-7,9-10,12-14H,8,11,15-16H2,1H3,(H,32,33)/b5-4+. The Balaban J connectivity index is 1.34. The summed E-state index contributed by atoms with van der Waals surface area (Å²) in [5, 5.41) is 9.77. The molecule has 4 aromatic rings. The van der Waals surface area contributed by atoms with Crippen LogP contribution >= 0.6 is 0 Å². The fourth-order valence-electron chi connectivity index (χ4n) is 4.03. The summed E-state index contributed by atoms with van der Waals surface area (Å²) < 4.78 is 16.9. The van der Waals surface area contributed by atoms with Crippen molar-refractivity contribution in [3.8, 4) is 17.2 Å². The van der Waals surface area contributed by atoms with Gasteiger partial charge in [0.25, 0.3) is 0 Å². The van der Waals surface area contributed by atoms with E-state index >= 15 is 0 Å². The van der Waals surface area contributed by atoms with Gasteiger partial charge in [0.15, 0.2) is 0 Å². The van der Waals surface area contributed by atoms with Crippen LogP contribution in [0.5, 0.6) is 5.75 Å². The molecule has 4 heterocycles. The van der Waals surface area contributed by atoms with E-state index in [9.17, 15) is 14.7 Å². The molecule has 0 unspecified atom stereocenters. The second-order valence-electron chi connectivity index (χ2n) is 8.33. The monoisotopic (exact) mass is 485 g/mol. The number of fused-ring (bicyclic) bond motifs is 1. The van der Waals surface area contributed by atoms with Gasteiger partial charge in [0, 0.05) is 37.1 Å². The Morgan fingerprint density at radius 3 is 2.78 bits per heavy atom. The van der Waals surface area contributed by atoms with E-state index in [1.165, 1.54) is 6.08 Å². The average Bonchev–Trinajstić information content (AvgIpc) is 3.55. The molecule has 9 heteroatoms. The van der Waals surface area contributed by atoms with Gasteiger partial charge < -0.3 is 23.6 Å². The first-order chi connectivity index (χ1) is 17.5. The van der Waals surface area contributed by atoms with Gasteiger partial charge in [-0.3, -0.25) is 9.78 Å². The lowest BCUT2D eigenvalue weighted by Gasteiger charge is -2.29. The second kappa shape index (κ2) is 9.91. The van der Waals surface area contributed by atoms with Crippen LogP contribution in [0.3, 0.4) is 0 Å². The van der Waals surface area contributed by atoms with E-state index in [4.69, 9.17) is 13.6 Å². The molecule has 0 saturated carbocycles. The maximum absolute atomic E-state index is 12.7. The van der Waals surface area contributed by atoms with Gasteiger partial charge >= 0.3 is 5.97 Å². The Hall–Kier alpha value is -4.66. The number of nitrogens with zero attached hydrogens (tertiary/aromatic N) is 3. The predicted molar refractivity (Wildman–Crippen MR) is 129 cm³/mol. The number of carboxylic acid groups (broad SMARTS) is 1. The molecule has 1 N–H and O–H groups in total. The highest BCUT2D eigenvalue weighted by molar-refractivity contribution is 5.92. The number of oxazole rings is 1. The minimum absolute atomic E-state index is 0.0357. The number of amides is 1. The number of furan rings is 1. The largest absolute Gasteiger partial charge is 0.486 e. The Bertz CT molecular complexity index is 1420. The molecule has 0 aliphatic carbocycles. The molecule has 0 spiro atoms. The maximum atomic E-state index is 12.7. The van der Waals surface area contributed by atoms with E-state index in [-0.39, 0.29) is 23.8 Å². The van der Waals surface area contributed by atoms with Crippen LogP contribution < -0.4 is 4.74 Å². The Morgan fingerprint density at radius 2 is 2.03 bits per heavy atom. The molecule has 9 nitrogen and oxygen atoms in total. The number of rotatable bonds is 7. The first-order valence-corrected chi connectivity index (χ1v) is 11.4. The van der Waals surface area contributed by atoms with Crippen molar-refractivity contribution in [2.45, 2.75) is 26.5 Å². The molecule has 0 atom stereocenters. The zero-order valence-electron chi connectivity index (χ0n) is 19.5. The van der Waals surface area contributed by atoms with Crippen molar-refractivity contribution in [1.82, 2.24) is 14.9 Å². The lowest BCUT2D eigenvalue weighted by atomic mass is 9.96. The molecule has 1 aliphatic rings. The summed E-state index contributed by atoms with van der Waals surface area (Å²) in [6, 6.07) is 10.4. The zero-order chi connectivity index (χ0) is 25.1. The minimum atomic E-state index is -1.08. The van der Waals surface area contributed by atoms with Gasteiger partial charge in [-0.15, -0.1) is 0 Å². The predicted octanol–water partition coefficient (Wildman–Crippen LogP) is 4.51. The van der Waals surface area contributed by atoms with Gasteiger partial charge in [0.05, 0.1) is 6.26 Å². The SMILES string of the molecule is Cc1oc(-c2ccncc2)nc1COc1cc2c(cc1C(=O)O)CCN(C(=O)/C=C/c1ccco1)C2. The van der Waals surface area contributed by atoms with Gasteiger partial charge in [-0.05, 0) is 66.9 Å². The van der Waals surface area contributed by atoms with E-state index in [2.05, 4.69) is 9.97 Å². The van der Waals surface area contributed by atoms with Crippen LogP contribution in [0.1, 0.15) is 38.7 Å². The van der Waals surface area contributed by atoms with Crippen molar-refractivity contribution < 1.29 is 28.3 Å². The number of benzene rings is 1. The van der Waals surface area contributed by atoms with Crippen molar-refractivity contribution in [1.29, 1.82) is 0 Å². The van der Waals surface area contributed by atoms with Crippen molar-refractivity contribution in [3.05, 3.63) is 95.0 Å². The van der Waals surface area contributed by atoms with Gasteiger partial charge in [0.2, 0.25) is 11.8 Å². The highest BCUT2D eigenvalue weighted by Gasteiger charge is 2.24. The van der Waals surface area contributed by atoms with Gasteiger partial charge in [-0.2, -0.15) is 0 Å². The Morgan fingerprint density at radius 1 is 1.19 bits per heavy atom. The van der Waals surface area contributed by atoms with Crippen molar-refractivity contribution in [2.24, 2.45) is 0 Å². The normalized spacial score (nSPS) is 13.1. The first-order valence-electron chi connectivity index (χ1n) is 11.4. The van der Waals surface area contributed by atoms with Crippen LogP contribution in [0.4, 0.5) is 0 Å². The van der Waals surface area contributed by atoms with Gasteiger partial charge in [-0.1, -0.05) is 0 Å². The van der Waals surface area contributed by atoms with Crippen LogP contribution in [0, 0.1) is 6.92 Å². The molecular formula is C27H23N3O6. The van der Waals surface area contributed by atoms with E-state index in [0.717, 1.165) is 16.7 Å². The minimum Gasteiger partial charge on any atom is -0.486 e. The molecule has 1 aliphatic heterocycles. The second-order valence-corrected chi connectivity index (χ2v) is 8.33. The zero-order valence-corrected chi connectivity index (χ0v) is 19.5. The molecule has 3 aromatic heterocycles. The summed E-state index contributed by atoms with van der Waals surface area (Å²) >= 11 is 0. The van der Waals surface area contributed by atoms with Gasteiger partial charge in [-0.25, -0.2) is 9.78 Å². The summed E-state index contributed by atoms with van der Waals surface area (Å²) in [4.78, 5) is 34.8. The van der Waals surface area contributed by atoms with Crippen LogP contribution in [0.15, 0.2) is 70.0 Å². The number of carbonyl (C=O) groups excluding carboxylic acids is 1. The third-order valence-corrected chi connectivity index (χ3v) is 5.97. The van der Waals surface area contributed by atoms with Crippen LogP contribution in [-0.4, -0.2) is 38.4 Å². The number of aromatic nitrogens is 2. The van der Waals surface area contributed by atoms with Crippen LogP contribution in [-0.2, 0) is 24.4 Å². The maximum Gasteiger partial charge on any atom is 0.339 e. The van der Waals surface area contributed by atoms with E-state index < -0.39 is 5.97 Å². The number of carbonyl (C=O) groups is 2. The number of carboxylic acids is 1. The van der Waals surface area contributed by atoms with Crippen molar-refractivity contribution in [3.63, 3.8) is 0 Å². The molecule has 0 saturated heterocycles. The Labute approximate surface area is 206 Å². The fraction of sp³-hybridized carbons (Fsp3) is 0.185. The quantitative estimate of drug-likeness (QED) is 0.380. The molecule has 0 fully saturated rings. The smallest absolute Gasteiger partial charge is 0.339 e. The first kappa shape index (κ1) is 23.1. The summed E-state index contributed by atoms with van der Waals surface area (Å²) in [6.07, 6.45) is 8.49. The molecule has 182 valence electrons. The molecule has 1 amide bonds. The number of aromatic carboxylic acids is 1. The lowest BCUT2D eigenvalue weighted by molar-refractivity contribution is -0.126. The summed E-state index contributed by atoms with van der Waals surface area (Å²) in [6.45, 7) is 2.65. The number of pyridine rings is 1. The summed E-state index contributed by atoms with van der Waals surface area (Å²) in [7, 11) is 0. The molecular weight excluding hydrogens is 462 g/mol. The molecule has 0 radical (unpaired) electrons. The number of aryl methyl sites for hydroxylation is 1. The number of hydrogen-bond acceptors (Lipinski definition) is 7. The Kier molecular flexibility index (Phi) is 6.36. The molecule has 1 aromatic carbocycles. The highest BCUT2D eigenvalue weighted by atomic mass is 16.5. The summed E-state index contributed by atoms with van der Waals surface area (Å²) in [5.41, 5.74) is 3.15. The summed E-state index contributed by atoms with van der Waals surface area (Å²) in [5.74, 6) is 0.601. The van der Waals surface area contributed by atoms with E-state index in [0.29, 0.717) is 42.6 Å². The fourth-order valence-corrected chi connectivity index (χ4v) is 4.03. The lowest BCUT2D eigenvalue weighted by Crippen LogP contribution is -2.35. The van der Waals surface area contributed by atoms with E-state index in [1.54, 1.807) is 73.0 Å². The number of ether oxygens (including phenoxy) is 1. The van der Waals surface area contributed by atoms with Crippen LogP contribution in [0.25, 0.3) is 17.5 Å². The highest BCUT2D eigenvalue weighted by Crippen LogP contribution is 2.30. The third kappa shape index (κ3) is 4.90. The average molecular weight is 485 g/mol. The van der Waals surface area contributed by atoms with Crippen molar-refractivity contribution in [2.75, 3.05) is 6.54 Å². The number of hydrogen-bond donors (Lipinski definition) is 1. The van der Waals surface area contributed by atoms with Crippen molar-refractivity contribution >= 4 is 18.0 Å². The third-order valence-electron chi connectivity index (χ3n) is 5.97. The van der Waals surface area contributed by atoms with Gasteiger partial charge in [0.1, 0.15) is 35.1 Å². The van der Waals surface area contributed by atoms with Crippen LogP contribution in [0.2, 0.25) is 0 Å². The van der Waals surface area contributed by atoms with E-state index in [1.807, 2.05) is 0 Å². The topological polar surface area (TPSA) is 119 Å². The molecule has 0 bridgehead atoms.